The van der Waals surface area contributed by atoms with Crippen molar-refractivity contribution in [3.05, 3.63) is 77.5 Å². The molecular weight excluding hydrogens is 329 g/mol. The van der Waals surface area contributed by atoms with Crippen molar-refractivity contribution in [2.24, 2.45) is 0 Å². The average molecular weight is 344 g/mol. The Morgan fingerprint density at radius 1 is 1.00 bits per heavy atom. The van der Waals surface area contributed by atoms with Crippen LogP contribution in [-0.4, -0.2) is 10.9 Å². The molecule has 0 spiro atoms. The monoisotopic (exact) mass is 344 g/mol. The number of aryl methyl sites for hydroxylation is 1. The average Bonchev–Trinajstić information content (AvgIpc) is 2.97. The van der Waals surface area contributed by atoms with Gasteiger partial charge < -0.3 is 10.3 Å². The zero-order chi connectivity index (χ0) is 18.0. The highest BCUT2D eigenvalue weighted by atomic mass is 19.4. The van der Waals surface area contributed by atoms with Gasteiger partial charge in [-0.2, -0.15) is 13.2 Å². The Bertz CT molecular complexity index is 899. The lowest BCUT2D eigenvalue weighted by Crippen LogP contribution is -2.13. The first-order valence-electron chi connectivity index (χ1n) is 7.58. The van der Waals surface area contributed by atoms with Crippen LogP contribution in [0.15, 0.2) is 60.7 Å². The summed E-state index contributed by atoms with van der Waals surface area (Å²) in [6, 6.07) is 15.7. The molecule has 0 fully saturated rings. The fourth-order valence-corrected chi connectivity index (χ4v) is 2.54. The van der Waals surface area contributed by atoms with Gasteiger partial charge in [-0.05, 0) is 36.8 Å². The lowest BCUT2D eigenvalue weighted by atomic mass is 10.1. The molecule has 1 heterocycles. The highest BCUT2D eigenvalue weighted by Gasteiger charge is 2.30. The number of aromatic nitrogens is 1. The lowest BCUT2D eigenvalue weighted by Gasteiger charge is -2.09. The molecule has 25 heavy (non-hydrogen) atoms. The number of rotatable bonds is 3. The maximum absolute atomic E-state index is 12.8. The molecule has 0 atom stereocenters. The SMILES string of the molecule is Cc1[nH]c(-c2ccccc2)cc1C(=O)Nc1cccc(C(F)(F)F)c1. The summed E-state index contributed by atoms with van der Waals surface area (Å²) in [5.74, 6) is -0.463. The van der Waals surface area contributed by atoms with Crippen LogP contribution in [0.3, 0.4) is 0 Å². The molecule has 2 N–H and O–H groups in total. The Labute approximate surface area is 142 Å². The van der Waals surface area contributed by atoms with Gasteiger partial charge in [0.15, 0.2) is 0 Å². The summed E-state index contributed by atoms with van der Waals surface area (Å²) in [5.41, 5.74) is 2.01. The van der Waals surface area contributed by atoms with Crippen molar-refractivity contribution in [1.82, 2.24) is 4.98 Å². The van der Waals surface area contributed by atoms with E-state index in [0.29, 0.717) is 11.3 Å². The van der Waals surface area contributed by atoms with E-state index in [0.717, 1.165) is 23.4 Å². The molecule has 0 unspecified atom stereocenters. The van der Waals surface area contributed by atoms with E-state index in [4.69, 9.17) is 0 Å². The zero-order valence-electron chi connectivity index (χ0n) is 13.3. The van der Waals surface area contributed by atoms with Gasteiger partial charge in [-0.3, -0.25) is 4.79 Å². The Morgan fingerprint density at radius 2 is 1.72 bits per heavy atom. The molecule has 3 nitrogen and oxygen atoms in total. The quantitative estimate of drug-likeness (QED) is 0.669. The number of nitrogens with one attached hydrogen (secondary N) is 2. The molecule has 128 valence electrons. The maximum atomic E-state index is 12.8. The smallest absolute Gasteiger partial charge is 0.358 e. The minimum absolute atomic E-state index is 0.0988. The third-order valence-electron chi connectivity index (χ3n) is 3.79. The lowest BCUT2D eigenvalue weighted by molar-refractivity contribution is -0.137. The van der Waals surface area contributed by atoms with Gasteiger partial charge in [0.25, 0.3) is 5.91 Å². The molecule has 0 aliphatic rings. The van der Waals surface area contributed by atoms with E-state index in [1.165, 1.54) is 12.1 Å². The van der Waals surface area contributed by atoms with Crippen LogP contribution in [0.4, 0.5) is 18.9 Å². The minimum Gasteiger partial charge on any atom is -0.358 e. The molecule has 0 saturated heterocycles. The van der Waals surface area contributed by atoms with Gasteiger partial charge in [-0.25, -0.2) is 0 Å². The Hall–Kier alpha value is -3.02. The van der Waals surface area contributed by atoms with Crippen molar-refractivity contribution in [1.29, 1.82) is 0 Å². The molecule has 3 rings (SSSR count). The summed E-state index contributed by atoms with van der Waals surface area (Å²) in [4.78, 5) is 15.6. The highest BCUT2D eigenvalue weighted by molar-refractivity contribution is 6.06. The fourth-order valence-electron chi connectivity index (χ4n) is 2.54. The number of anilines is 1. The number of carbonyl (C=O) groups is 1. The molecule has 1 aromatic heterocycles. The molecule has 3 aromatic rings. The molecule has 0 radical (unpaired) electrons. The Balaban J connectivity index is 1.84. The number of hydrogen-bond donors (Lipinski definition) is 2. The van der Waals surface area contributed by atoms with E-state index in [9.17, 15) is 18.0 Å². The van der Waals surface area contributed by atoms with Gasteiger partial charge in [0.2, 0.25) is 0 Å². The third-order valence-corrected chi connectivity index (χ3v) is 3.79. The van der Waals surface area contributed by atoms with E-state index < -0.39 is 17.6 Å². The molecule has 0 aliphatic heterocycles. The van der Waals surface area contributed by atoms with E-state index in [2.05, 4.69) is 10.3 Å². The van der Waals surface area contributed by atoms with Gasteiger partial charge >= 0.3 is 6.18 Å². The second-order valence-electron chi connectivity index (χ2n) is 5.62. The fraction of sp³-hybridized carbons (Fsp3) is 0.105. The van der Waals surface area contributed by atoms with Crippen LogP contribution in [0.2, 0.25) is 0 Å². The van der Waals surface area contributed by atoms with Crippen molar-refractivity contribution < 1.29 is 18.0 Å². The molecular formula is C19H15F3N2O. The zero-order valence-corrected chi connectivity index (χ0v) is 13.3. The van der Waals surface area contributed by atoms with Crippen molar-refractivity contribution >= 4 is 11.6 Å². The first kappa shape index (κ1) is 16.8. The summed E-state index contributed by atoms with van der Waals surface area (Å²) in [6.45, 7) is 1.74. The van der Waals surface area contributed by atoms with Crippen molar-refractivity contribution in [3.63, 3.8) is 0 Å². The number of alkyl halides is 3. The van der Waals surface area contributed by atoms with Crippen LogP contribution in [0.5, 0.6) is 0 Å². The third kappa shape index (κ3) is 3.74. The number of aromatic amines is 1. The highest BCUT2D eigenvalue weighted by Crippen LogP contribution is 2.31. The summed E-state index contributed by atoms with van der Waals surface area (Å²) < 4.78 is 38.3. The maximum Gasteiger partial charge on any atom is 0.416 e. The standard InChI is InChI=1S/C19H15F3N2O/c1-12-16(11-17(23-12)13-6-3-2-4-7-13)18(25)24-15-9-5-8-14(10-15)19(20,21)22/h2-11,23H,1H3,(H,24,25). The van der Waals surface area contributed by atoms with Crippen molar-refractivity contribution in [2.45, 2.75) is 13.1 Å². The number of benzene rings is 2. The normalized spacial score (nSPS) is 11.4. The van der Waals surface area contributed by atoms with E-state index in [1.807, 2.05) is 30.3 Å². The second-order valence-corrected chi connectivity index (χ2v) is 5.62. The van der Waals surface area contributed by atoms with Crippen LogP contribution in [0.1, 0.15) is 21.6 Å². The molecule has 0 bridgehead atoms. The number of halogens is 3. The van der Waals surface area contributed by atoms with E-state index in [-0.39, 0.29) is 5.69 Å². The topological polar surface area (TPSA) is 44.9 Å². The van der Waals surface area contributed by atoms with Crippen molar-refractivity contribution in [3.8, 4) is 11.3 Å². The number of carbonyl (C=O) groups excluding carboxylic acids is 1. The van der Waals surface area contributed by atoms with Crippen LogP contribution >= 0.6 is 0 Å². The minimum atomic E-state index is -4.45. The predicted octanol–water partition coefficient (Wildman–Crippen LogP) is 5.26. The van der Waals surface area contributed by atoms with Crippen LogP contribution < -0.4 is 5.32 Å². The molecule has 6 heteroatoms. The number of amides is 1. The number of hydrogen-bond acceptors (Lipinski definition) is 1. The van der Waals surface area contributed by atoms with Crippen molar-refractivity contribution in [2.75, 3.05) is 5.32 Å². The van der Waals surface area contributed by atoms with E-state index in [1.54, 1.807) is 13.0 Å². The van der Waals surface area contributed by atoms with Gasteiger partial charge in [-0.15, -0.1) is 0 Å². The van der Waals surface area contributed by atoms with Gasteiger partial charge in [-0.1, -0.05) is 36.4 Å². The largest absolute Gasteiger partial charge is 0.416 e. The molecule has 2 aromatic carbocycles. The first-order valence-corrected chi connectivity index (χ1v) is 7.58. The van der Waals surface area contributed by atoms with Gasteiger partial charge in [0.1, 0.15) is 0 Å². The van der Waals surface area contributed by atoms with Crippen LogP contribution in [-0.2, 0) is 6.18 Å². The first-order chi connectivity index (χ1) is 11.8. The second kappa shape index (κ2) is 6.47. The Morgan fingerprint density at radius 3 is 2.40 bits per heavy atom. The van der Waals surface area contributed by atoms with Crippen LogP contribution in [0.25, 0.3) is 11.3 Å². The van der Waals surface area contributed by atoms with Gasteiger partial charge in [0.05, 0.1) is 11.1 Å². The predicted molar refractivity (Wildman–Crippen MR) is 90.4 cm³/mol. The summed E-state index contributed by atoms with van der Waals surface area (Å²) in [6.07, 6.45) is -4.45. The Kier molecular flexibility index (Phi) is 4.35. The summed E-state index contributed by atoms with van der Waals surface area (Å²) in [7, 11) is 0. The molecule has 0 saturated carbocycles. The summed E-state index contributed by atoms with van der Waals surface area (Å²) >= 11 is 0. The van der Waals surface area contributed by atoms with E-state index >= 15 is 0 Å². The summed E-state index contributed by atoms with van der Waals surface area (Å²) in [5, 5.41) is 2.52. The van der Waals surface area contributed by atoms with Gasteiger partial charge in [0, 0.05) is 17.1 Å². The molecule has 1 amide bonds. The molecule has 0 aliphatic carbocycles. The van der Waals surface area contributed by atoms with Crippen LogP contribution in [0, 0.1) is 6.92 Å². The number of H-pyrrole nitrogens is 1.